The van der Waals surface area contributed by atoms with Crippen LogP contribution in [0.1, 0.15) is 24.8 Å². The summed E-state index contributed by atoms with van der Waals surface area (Å²) in [6.07, 6.45) is 0. The minimum atomic E-state index is -0.969. The molecule has 0 aliphatic heterocycles. The average molecular weight is 357 g/mol. The van der Waals surface area contributed by atoms with Crippen molar-refractivity contribution < 1.29 is 9.90 Å². The van der Waals surface area contributed by atoms with Gasteiger partial charge in [-0.05, 0) is 51.8 Å². The Morgan fingerprint density at radius 3 is 2.47 bits per heavy atom. The Morgan fingerprint density at radius 2 is 2.13 bits per heavy atom. The molecule has 84 valence electrons. The highest BCUT2D eigenvalue weighted by molar-refractivity contribution is 9.13. The highest BCUT2D eigenvalue weighted by Crippen LogP contribution is 2.40. The van der Waals surface area contributed by atoms with Crippen LogP contribution in [0.25, 0.3) is 0 Å². The van der Waals surface area contributed by atoms with Crippen molar-refractivity contribution in [2.24, 2.45) is 11.1 Å². The Hall–Kier alpha value is 0.0900. The van der Waals surface area contributed by atoms with Crippen LogP contribution in [0, 0.1) is 5.41 Å². The Balaban J connectivity index is 3.04. The van der Waals surface area contributed by atoms with Crippen molar-refractivity contribution in [1.29, 1.82) is 0 Å². The molecule has 0 saturated heterocycles. The zero-order valence-corrected chi connectivity index (χ0v) is 12.2. The lowest BCUT2D eigenvalue weighted by Crippen LogP contribution is -2.35. The summed E-state index contributed by atoms with van der Waals surface area (Å²) < 4.78 is 1.83. The highest BCUT2D eigenvalue weighted by Gasteiger charge is 2.36. The largest absolute Gasteiger partial charge is 0.481 e. The van der Waals surface area contributed by atoms with Crippen LogP contribution in [0.5, 0.6) is 0 Å². The van der Waals surface area contributed by atoms with Gasteiger partial charge < -0.3 is 10.8 Å². The van der Waals surface area contributed by atoms with Crippen molar-refractivity contribution in [1.82, 2.24) is 0 Å². The first-order valence-electron chi connectivity index (χ1n) is 4.20. The van der Waals surface area contributed by atoms with E-state index >= 15 is 0 Å². The summed E-state index contributed by atoms with van der Waals surface area (Å²) in [6.45, 7) is 3.25. The molecular weight excluding hydrogens is 346 g/mol. The van der Waals surface area contributed by atoms with Crippen LogP contribution in [-0.4, -0.2) is 11.1 Å². The van der Waals surface area contributed by atoms with Crippen LogP contribution < -0.4 is 5.73 Å². The number of rotatable bonds is 3. The summed E-state index contributed by atoms with van der Waals surface area (Å²) in [7, 11) is 0. The van der Waals surface area contributed by atoms with Gasteiger partial charge in [0, 0.05) is 9.35 Å². The minimum absolute atomic E-state index is 0.511. The molecule has 15 heavy (non-hydrogen) atoms. The molecule has 1 aromatic heterocycles. The summed E-state index contributed by atoms with van der Waals surface area (Å²) >= 11 is 8.15. The molecule has 0 bridgehead atoms. The first-order valence-corrected chi connectivity index (χ1v) is 6.60. The van der Waals surface area contributed by atoms with E-state index in [1.165, 1.54) is 11.3 Å². The third kappa shape index (κ3) is 2.61. The van der Waals surface area contributed by atoms with Gasteiger partial charge in [-0.2, -0.15) is 0 Å². The molecule has 0 saturated carbocycles. The van der Waals surface area contributed by atoms with Crippen molar-refractivity contribution in [3.63, 3.8) is 0 Å². The van der Waals surface area contributed by atoms with E-state index in [4.69, 9.17) is 10.8 Å². The number of carbonyl (C=O) groups is 1. The van der Waals surface area contributed by atoms with Gasteiger partial charge in [-0.1, -0.05) is 0 Å². The molecule has 0 spiro atoms. The van der Waals surface area contributed by atoms with Crippen molar-refractivity contribution in [3.05, 3.63) is 19.2 Å². The van der Waals surface area contributed by atoms with E-state index < -0.39 is 17.4 Å². The van der Waals surface area contributed by atoms with Crippen LogP contribution >= 0.6 is 43.2 Å². The number of halogens is 2. The maximum atomic E-state index is 11.0. The molecule has 6 heteroatoms. The van der Waals surface area contributed by atoms with Crippen LogP contribution in [0.3, 0.4) is 0 Å². The van der Waals surface area contributed by atoms with Crippen molar-refractivity contribution in [3.8, 4) is 0 Å². The number of thiophene rings is 1. The Labute approximate surface area is 109 Å². The summed E-state index contributed by atoms with van der Waals surface area (Å²) in [5.74, 6) is -0.893. The number of nitrogens with two attached hydrogens (primary N) is 1. The second-order valence-corrected chi connectivity index (χ2v) is 7.03. The van der Waals surface area contributed by atoms with Crippen LogP contribution in [0.4, 0.5) is 0 Å². The number of hydrogen-bond donors (Lipinski definition) is 2. The third-order valence-electron chi connectivity index (χ3n) is 2.30. The van der Waals surface area contributed by atoms with E-state index in [0.717, 1.165) is 13.1 Å². The molecule has 1 rings (SSSR count). The number of hydrogen-bond acceptors (Lipinski definition) is 3. The van der Waals surface area contributed by atoms with Crippen LogP contribution in [0.15, 0.2) is 14.3 Å². The molecule has 0 amide bonds. The van der Waals surface area contributed by atoms with Gasteiger partial charge in [0.1, 0.15) is 0 Å². The lowest BCUT2D eigenvalue weighted by Gasteiger charge is -2.25. The molecule has 1 atom stereocenters. The molecule has 3 nitrogen and oxygen atoms in total. The van der Waals surface area contributed by atoms with E-state index in [0.29, 0.717) is 0 Å². The molecule has 1 aromatic rings. The normalized spacial score (nSPS) is 13.9. The zero-order chi connectivity index (χ0) is 11.8. The number of aliphatic carboxylic acids is 1. The van der Waals surface area contributed by atoms with Gasteiger partial charge in [0.15, 0.2) is 0 Å². The monoisotopic (exact) mass is 355 g/mol. The molecule has 3 N–H and O–H groups in total. The minimum Gasteiger partial charge on any atom is -0.481 e. The molecular formula is C9H11Br2NO2S. The maximum Gasteiger partial charge on any atom is 0.311 e. The van der Waals surface area contributed by atoms with Gasteiger partial charge in [0.2, 0.25) is 0 Å². The Kier molecular flexibility index (Phi) is 3.97. The summed E-state index contributed by atoms with van der Waals surface area (Å²) in [4.78, 5) is 11.9. The quantitative estimate of drug-likeness (QED) is 0.872. The number of carboxylic acid groups (broad SMARTS) is 1. The van der Waals surface area contributed by atoms with Gasteiger partial charge in [-0.15, -0.1) is 11.3 Å². The predicted octanol–water partition coefficient (Wildman–Crippen LogP) is 3.38. The molecule has 0 radical (unpaired) electrons. The van der Waals surface area contributed by atoms with Gasteiger partial charge in [-0.3, -0.25) is 4.79 Å². The molecule has 0 aliphatic carbocycles. The fourth-order valence-corrected chi connectivity index (χ4v) is 3.28. The first kappa shape index (κ1) is 13.2. The lowest BCUT2D eigenvalue weighted by molar-refractivity contribution is -0.148. The maximum absolute atomic E-state index is 11.0. The second kappa shape index (κ2) is 4.53. The van der Waals surface area contributed by atoms with Crippen molar-refractivity contribution in [2.45, 2.75) is 19.9 Å². The zero-order valence-electron chi connectivity index (χ0n) is 8.25. The molecule has 0 aliphatic rings. The number of carboxylic acids is 1. The predicted molar refractivity (Wildman–Crippen MR) is 68.1 cm³/mol. The van der Waals surface area contributed by atoms with Gasteiger partial charge in [0.25, 0.3) is 0 Å². The van der Waals surface area contributed by atoms with Gasteiger partial charge >= 0.3 is 5.97 Å². The molecule has 1 heterocycles. The lowest BCUT2D eigenvalue weighted by atomic mass is 9.84. The highest BCUT2D eigenvalue weighted by atomic mass is 79.9. The molecule has 0 aromatic carbocycles. The van der Waals surface area contributed by atoms with Crippen molar-refractivity contribution >= 4 is 49.2 Å². The second-order valence-electron chi connectivity index (χ2n) is 3.77. The van der Waals surface area contributed by atoms with E-state index in [-0.39, 0.29) is 0 Å². The van der Waals surface area contributed by atoms with E-state index in [1.807, 2.05) is 6.07 Å². The van der Waals surface area contributed by atoms with Crippen LogP contribution in [-0.2, 0) is 4.79 Å². The summed E-state index contributed by atoms with van der Waals surface area (Å²) in [6, 6.07) is 1.34. The standard InChI is InChI=1S/C9H11Br2NO2S/c1-9(2,8(13)14)6(12)5-3-4(10)7(11)15-5/h3,6H,12H2,1-2H3,(H,13,14). The van der Waals surface area contributed by atoms with Gasteiger partial charge in [-0.25, -0.2) is 0 Å². The third-order valence-corrected chi connectivity index (χ3v) is 5.64. The summed E-state index contributed by atoms with van der Waals surface area (Å²) in [5.41, 5.74) is 4.98. The smallest absolute Gasteiger partial charge is 0.311 e. The van der Waals surface area contributed by atoms with Crippen LogP contribution in [0.2, 0.25) is 0 Å². The molecule has 1 unspecified atom stereocenters. The Bertz CT molecular complexity index is 370. The van der Waals surface area contributed by atoms with Gasteiger partial charge in [0.05, 0.1) is 15.2 Å². The fraction of sp³-hybridized carbons (Fsp3) is 0.444. The van der Waals surface area contributed by atoms with E-state index in [1.54, 1.807) is 13.8 Å². The fourth-order valence-electron chi connectivity index (χ4n) is 1.01. The molecule has 0 fully saturated rings. The average Bonchev–Trinajstić information content (AvgIpc) is 2.45. The first-order chi connectivity index (χ1) is 6.76. The summed E-state index contributed by atoms with van der Waals surface area (Å²) in [5, 5.41) is 9.05. The SMILES string of the molecule is CC(C)(C(=O)O)C(N)c1cc(Br)c(Br)s1. The topological polar surface area (TPSA) is 63.3 Å². The van der Waals surface area contributed by atoms with E-state index in [2.05, 4.69) is 31.9 Å². The van der Waals surface area contributed by atoms with Crippen molar-refractivity contribution in [2.75, 3.05) is 0 Å². The van der Waals surface area contributed by atoms with E-state index in [9.17, 15) is 4.79 Å². The Morgan fingerprint density at radius 1 is 1.60 bits per heavy atom.